The molecule has 1 atom stereocenters. The average Bonchev–Trinajstić information content (AvgIpc) is 3.25. The molecule has 1 aliphatic rings. The lowest BCUT2D eigenvalue weighted by Gasteiger charge is -2.34. The van der Waals surface area contributed by atoms with Gasteiger partial charge in [-0.3, -0.25) is 9.59 Å². The first-order chi connectivity index (χ1) is 10.8. The summed E-state index contributed by atoms with van der Waals surface area (Å²) in [6, 6.07) is 2.86. The smallest absolute Gasteiger partial charge is 0.290 e. The fourth-order valence-electron chi connectivity index (χ4n) is 2.61. The van der Waals surface area contributed by atoms with Gasteiger partial charge in [0.05, 0.1) is 24.0 Å². The second-order valence-corrected chi connectivity index (χ2v) is 5.90. The first-order valence-electron chi connectivity index (χ1n) is 7.25. The molecule has 2 aromatic rings. The molecule has 116 valence electrons. The Kier molecular flexibility index (Phi) is 4.53. The zero-order chi connectivity index (χ0) is 15.4. The van der Waals surface area contributed by atoms with E-state index in [1.165, 1.54) is 17.6 Å². The molecule has 3 heterocycles. The summed E-state index contributed by atoms with van der Waals surface area (Å²) in [5.41, 5.74) is 2.56. The third-order valence-corrected chi connectivity index (χ3v) is 4.36. The number of likely N-dealkylation sites (tertiary alicyclic amines) is 1. The summed E-state index contributed by atoms with van der Waals surface area (Å²) >= 11 is 1.49. The Morgan fingerprint density at radius 1 is 1.45 bits per heavy atom. The summed E-state index contributed by atoms with van der Waals surface area (Å²) in [5, 5.41) is 4.76. The molecular formula is C15H17N3O3S. The van der Waals surface area contributed by atoms with Crippen molar-refractivity contribution in [1.29, 1.82) is 0 Å². The van der Waals surface area contributed by atoms with Crippen LogP contribution in [-0.4, -0.2) is 34.3 Å². The summed E-state index contributed by atoms with van der Waals surface area (Å²) in [7, 11) is 0. The van der Waals surface area contributed by atoms with Gasteiger partial charge in [-0.1, -0.05) is 0 Å². The lowest BCUT2D eigenvalue weighted by atomic mass is 10.0. The van der Waals surface area contributed by atoms with Crippen molar-refractivity contribution in [2.75, 3.05) is 6.54 Å². The Balaban J connectivity index is 1.66. The fourth-order valence-corrected chi connectivity index (χ4v) is 3.17. The van der Waals surface area contributed by atoms with E-state index >= 15 is 0 Å². The molecule has 1 fully saturated rings. The van der Waals surface area contributed by atoms with Gasteiger partial charge in [-0.25, -0.2) is 4.98 Å². The van der Waals surface area contributed by atoms with Gasteiger partial charge in [-0.15, -0.1) is 11.3 Å². The highest BCUT2D eigenvalue weighted by Gasteiger charge is 2.33. The Morgan fingerprint density at radius 2 is 2.36 bits per heavy atom. The lowest BCUT2D eigenvalue weighted by Crippen LogP contribution is -2.51. The number of carbonyl (C=O) groups is 2. The molecule has 6 nitrogen and oxygen atoms in total. The summed E-state index contributed by atoms with van der Waals surface area (Å²) in [4.78, 5) is 30.6. The highest BCUT2D eigenvalue weighted by atomic mass is 32.1. The Bertz CT molecular complexity index is 625. The predicted octanol–water partition coefficient (Wildman–Crippen LogP) is 2.05. The SMILES string of the molecule is O=C(NCc1cscn1)C1CCCCN1C(=O)c1ccco1. The zero-order valence-corrected chi connectivity index (χ0v) is 12.8. The van der Waals surface area contributed by atoms with Crippen LogP contribution in [-0.2, 0) is 11.3 Å². The van der Waals surface area contributed by atoms with Gasteiger partial charge >= 0.3 is 0 Å². The number of thiazole rings is 1. The molecule has 0 aliphatic carbocycles. The molecule has 0 spiro atoms. The number of rotatable bonds is 4. The maximum atomic E-state index is 12.5. The van der Waals surface area contributed by atoms with Crippen LogP contribution >= 0.6 is 11.3 Å². The van der Waals surface area contributed by atoms with Crippen molar-refractivity contribution in [2.45, 2.75) is 31.8 Å². The van der Waals surface area contributed by atoms with Gasteiger partial charge in [0.2, 0.25) is 5.91 Å². The summed E-state index contributed by atoms with van der Waals surface area (Å²) < 4.78 is 5.16. The Hall–Kier alpha value is -2.15. The van der Waals surface area contributed by atoms with Crippen LogP contribution in [0.15, 0.2) is 33.7 Å². The lowest BCUT2D eigenvalue weighted by molar-refractivity contribution is -0.126. The number of nitrogens with zero attached hydrogens (tertiary/aromatic N) is 2. The molecule has 2 aromatic heterocycles. The first kappa shape index (κ1) is 14.8. The van der Waals surface area contributed by atoms with E-state index in [4.69, 9.17) is 4.42 Å². The number of hydrogen-bond acceptors (Lipinski definition) is 5. The van der Waals surface area contributed by atoms with Crippen molar-refractivity contribution < 1.29 is 14.0 Å². The third kappa shape index (κ3) is 3.19. The molecule has 0 saturated carbocycles. The molecule has 3 rings (SSSR count). The molecule has 0 radical (unpaired) electrons. The summed E-state index contributed by atoms with van der Waals surface area (Å²) in [6.45, 7) is 0.968. The van der Waals surface area contributed by atoms with Crippen LogP contribution in [0, 0.1) is 0 Å². The molecule has 1 unspecified atom stereocenters. The minimum absolute atomic E-state index is 0.132. The van der Waals surface area contributed by atoms with E-state index in [1.807, 2.05) is 5.38 Å². The van der Waals surface area contributed by atoms with Crippen molar-refractivity contribution in [3.63, 3.8) is 0 Å². The maximum Gasteiger partial charge on any atom is 0.290 e. The molecule has 22 heavy (non-hydrogen) atoms. The molecule has 7 heteroatoms. The topological polar surface area (TPSA) is 75.4 Å². The third-order valence-electron chi connectivity index (χ3n) is 3.73. The first-order valence-corrected chi connectivity index (χ1v) is 8.19. The van der Waals surface area contributed by atoms with Gasteiger partial charge in [0.15, 0.2) is 5.76 Å². The van der Waals surface area contributed by atoms with Crippen molar-refractivity contribution in [2.24, 2.45) is 0 Å². The van der Waals surface area contributed by atoms with Crippen molar-refractivity contribution in [3.8, 4) is 0 Å². The van der Waals surface area contributed by atoms with Gasteiger partial charge in [0, 0.05) is 11.9 Å². The van der Waals surface area contributed by atoms with Crippen LogP contribution < -0.4 is 5.32 Å². The van der Waals surface area contributed by atoms with Crippen molar-refractivity contribution in [1.82, 2.24) is 15.2 Å². The quantitative estimate of drug-likeness (QED) is 0.936. The number of amides is 2. The van der Waals surface area contributed by atoms with Crippen LogP contribution in [0.2, 0.25) is 0 Å². The summed E-state index contributed by atoms with van der Waals surface area (Å²) in [6.07, 6.45) is 3.99. The maximum absolute atomic E-state index is 12.5. The van der Waals surface area contributed by atoms with E-state index in [9.17, 15) is 9.59 Å². The second kappa shape index (κ2) is 6.74. The average molecular weight is 319 g/mol. The van der Waals surface area contributed by atoms with Crippen LogP contribution in [0.5, 0.6) is 0 Å². The van der Waals surface area contributed by atoms with Crippen LogP contribution in [0.3, 0.4) is 0 Å². The largest absolute Gasteiger partial charge is 0.459 e. The van der Waals surface area contributed by atoms with E-state index in [0.29, 0.717) is 19.5 Å². The number of hydrogen-bond donors (Lipinski definition) is 1. The van der Waals surface area contributed by atoms with Gasteiger partial charge in [0.1, 0.15) is 6.04 Å². The van der Waals surface area contributed by atoms with E-state index in [-0.39, 0.29) is 17.6 Å². The van der Waals surface area contributed by atoms with Crippen molar-refractivity contribution >= 4 is 23.2 Å². The minimum atomic E-state index is -0.440. The van der Waals surface area contributed by atoms with E-state index in [1.54, 1.807) is 22.5 Å². The van der Waals surface area contributed by atoms with E-state index in [0.717, 1.165) is 18.5 Å². The Morgan fingerprint density at radius 3 is 3.09 bits per heavy atom. The zero-order valence-electron chi connectivity index (χ0n) is 12.0. The fraction of sp³-hybridized carbons (Fsp3) is 0.400. The normalized spacial score (nSPS) is 18.2. The molecule has 1 saturated heterocycles. The monoisotopic (exact) mass is 319 g/mol. The van der Waals surface area contributed by atoms with Crippen LogP contribution in [0.25, 0.3) is 0 Å². The molecule has 0 bridgehead atoms. The molecular weight excluding hydrogens is 302 g/mol. The van der Waals surface area contributed by atoms with Gasteiger partial charge in [0.25, 0.3) is 5.91 Å². The highest BCUT2D eigenvalue weighted by molar-refractivity contribution is 7.07. The second-order valence-electron chi connectivity index (χ2n) is 5.19. The Labute approximate surface area is 132 Å². The van der Waals surface area contributed by atoms with Crippen molar-refractivity contribution in [3.05, 3.63) is 40.7 Å². The minimum Gasteiger partial charge on any atom is -0.459 e. The van der Waals surface area contributed by atoms with Crippen LogP contribution in [0.4, 0.5) is 0 Å². The highest BCUT2D eigenvalue weighted by Crippen LogP contribution is 2.20. The predicted molar refractivity (Wildman–Crippen MR) is 81.3 cm³/mol. The number of piperidine rings is 1. The van der Waals surface area contributed by atoms with Gasteiger partial charge in [-0.05, 0) is 31.4 Å². The standard InChI is InChI=1S/C15H17N3O3S/c19-14(16-8-11-9-22-10-17-11)12-4-1-2-6-18(12)15(20)13-5-3-7-21-13/h3,5,7,9-10,12H,1-2,4,6,8H2,(H,16,19). The molecule has 1 N–H and O–H groups in total. The number of aromatic nitrogens is 1. The number of carbonyl (C=O) groups excluding carboxylic acids is 2. The molecule has 2 amide bonds. The number of nitrogens with one attached hydrogen (secondary N) is 1. The van der Waals surface area contributed by atoms with Gasteiger partial charge in [-0.2, -0.15) is 0 Å². The summed E-state index contributed by atoms with van der Waals surface area (Å²) in [5.74, 6) is -0.0784. The number of furan rings is 1. The molecule has 0 aromatic carbocycles. The molecule has 1 aliphatic heterocycles. The van der Waals surface area contributed by atoms with E-state index < -0.39 is 6.04 Å². The van der Waals surface area contributed by atoms with E-state index in [2.05, 4.69) is 10.3 Å². The van der Waals surface area contributed by atoms with Gasteiger partial charge < -0.3 is 14.6 Å². The van der Waals surface area contributed by atoms with Crippen LogP contribution in [0.1, 0.15) is 35.5 Å².